The van der Waals surface area contributed by atoms with Crippen molar-refractivity contribution in [3.05, 3.63) is 28.2 Å². The lowest BCUT2D eigenvalue weighted by molar-refractivity contribution is 0.200. The highest BCUT2D eigenvalue weighted by molar-refractivity contribution is 9.10. The third kappa shape index (κ3) is 3.46. The summed E-state index contributed by atoms with van der Waals surface area (Å²) < 4.78 is 0.992. The van der Waals surface area contributed by atoms with Gasteiger partial charge in [0.15, 0.2) is 0 Å². The maximum Gasteiger partial charge on any atom is 0.321 e. The summed E-state index contributed by atoms with van der Waals surface area (Å²) in [6.45, 7) is 3.76. The van der Waals surface area contributed by atoms with Gasteiger partial charge >= 0.3 is 6.03 Å². The number of hydrogen-bond donors (Lipinski definition) is 1. The van der Waals surface area contributed by atoms with Gasteiger partial charge < -0.3 is 10.2 Å². The van der Waals surface area contributed by atoms with Crippen LogP contribution >= 0.6 is 15.9 Å². The number of piperidine rings is 1. The predicted molar refractivity (Wildman–Crippen MR) is 73.3 cm³/mol. The van der Waals surface area contributed by atoms with Crippen molar-refractivity contribution in [3.8, 4) is 0 Å². The van der Waals surface area contributed by atoms with E-state index >= 15 is 0 Å². The number of urea groups is 1. The Balaban J connectivity index is 2.01. The Morgan fingerprint density at radius 2 is 1.94 bits per heavy atom. The van der Waals surface area contributed by atoms with Gasteiger partial charge in [-0.3, -0.25) is 0 Å². The summed E-state index contributed by atoms with van der Waals surface area (Å²) in [5, 5.41) is 2.95. The second-order valence-electron chi connectivity index (χ2n) is 4.50. The molecule has 0 saturated carbocycles. The van der Waals surface area contributed by atoms with Crippen LogP contribution in [0.3, 0.4) is 0 Å². The highest BCUT2D eigenvalue weighted by atomic mass is 79.9. The van der Waals surface area contributed by atoms with Crippen molar-refractivity contribution in [1.82, 2.24) is 4.90 Å². The van der Waals surface area contributed by atoms with E-state index in [1.807, 2.05) is 30.0 Å². The molecule has 1 N–H and O–H groups in total. The molecule has 1 aliphatic rings. The molecule has 17 heavy (non-hydrogen) atoms. The smallest absolute Gasteiger partial charge is 0.321 e. The van der Waals surface area contributed by atoms with Crippen molar-refractivity contribution in [2.24, 2.45) is 0 Å². The number of halogens is 1. The first-order valence-corrected chi connectivity index (χ1v) is 6.77. The molecule has 4 heteroatoms. The third-order valence-corrected chi connectivity index (χ3v) is 3.39. The number of nitrogens with one attached hydrogen (secondary N) is 1. The van der Waals surface area contributed by atoms with Crippen LogP contribution in [0, 0.1) is 6.92 Å². The fourth-order valence-electron chi connectivity index (χ4n) is 2.11. The van der Waals surface area contributed by atoms with Crippen LogP contribution in [0.5, 0.6) is 0 Å². The Hall–Kier alpha value is -1.03. The van der Waals surface area contributed by atoms with E-state index < -0.39 is 0 Å². The summed E-state index contributed by atoms with van der Waals surface area (Å²) in [5.41, 5.74) is 1.99. The molecule has 1 aromatic rings. The minimum Gasteiger partial charge on any atom is -0.325 e. The van der Waals surface area contributed by atoms with Crippen molar-refractivity contribution in [3.63, 3.8) is 0 Å². The molecular weight excluding hydrogens is 280 g/mol. The standard InChI is InChI=1S/C13H17BrN2O/c1-10-7-11(14)9-12(8-10)15-13(17)16-5-3-2-4-6-16/h7-9H,2-6H2,1H3,(H,15,17). The van der Waals surface area contributed by atoms with Crippen molar-refractivity contribution in [1.29, 1.82) is 0 Å². The van der Waals surface area contributed by atoms with Gasteiger partial charge in [0.2, 0.25) is 0 Å². The molecule has 3 nitrogen and oxygen atoms in total. The van der Waals surface area contributed by atoms with Gasteiger partial charge in [-0.1, -0.05) is 15.9 Å². The van der Waals surface area contributed by atoms with Crippen molar-refractivity contribution in [2.75, 3.05) is 18.4 Å². The minimum atomic E-state index is 0.0159. The van der Waals surface area contributed by atoms with Crippen LogP contribution in [-0.4, -0.2) is 24.0 Å². The van der Waals surface area contributed by atoms with E-state index in [2.05, 4.69) is 21.2 Å². The van der Waals surface area contributed by atoms with E-state index in [9.17, 15) is 4.79 Å². The van der Waals surface area contributed by atoms with Crippen LogP contribution in [-0.2, 0) is 0 Å². The Morgan fingerprint density at radius 3 is 2.59 bits per heavy atom. The maximum atomic E-state index is 12.0. The fraction of sp³-hybridized carbons (Fsp3) is 0.462. The number of benzene rings is 1. The number of carbonyl (C=O) groups is 1. The summed E-state index contributed by atoms with van der Waals surface area (Å²) in [4.78, 5) is 13.9. The first-order chi connectivity index (χ1) is 8.15. The van der Waals surface area contributed by atoms with Crippen molar-refractivity contribution >= 4 is 27.6 Å². The zero-order valence-electron chi connectivity index (χ0n) is 10.0. The number of hydrogen-bond acceptors (Lipinski definition) is 1. The molecule has 0 atom stereocenters. The summed E-state index contributed by atoms with van der Waals surface area (Å²) >= 11 is 3.43. The molecular formula is C13H17BrN2O. The van der Waals surface area contributed by atoms with Gasteiger partial charge in [0.25, 0.3) is 0 Å². The number of rotatable bonds is 1. The van der Waals surface area contributed by atoms with Gasteiger partial charge in [-0.05, 0) is 49.9 Å². The molecule has 0 aromatic heterocycles. The molecule has 0 radical (unpaired) electrons. The fourth-order valence-corrected chi connectivity index (χ4v) is 2.72. The van der Waals surface area contributed by atoms with E-state index in [-0.39, 0.29) is 6.03 Å². The molecule has 2 amide bonds. The number of likely N-dealkylation sites (tertiary alicyclic amines) is 1. The highest BCUT2D eigenvalue weighted by Crippen LogP contribution is 2.20. The van der Waals surface area contributed by atoms with Crippen LogP contribution in [0.1, 0.15) is 24.8 Å². The Kier molecular flexibility index (Phi) is 4.05. The third-order valence-electron chi connectivity index (χ3n) is 2.94. The van der Waals surface area contributed by atoms with E-state index in [1.165, 1.54) is 6.42 Å². The topological polar surface area (TPSA) is 32.3 Å². The minimum absolute atomic E-state index is 0.0159. The lowest BCUT2D eigenvalue weighted by atomic mass is 10.1. The molecule has 0 unspecified atom stereocenters. The largest absolute Gasteiger partial charge is 0.325 e. The summed E-state index contributed by atoms with van der Waals surface area (Å²) in [7, 11) is 0. The van der Waals surface area contributed by atoms with E-state index in [4.69, 9.17) is 0 Å². The molecule has 1 aliphatic heterocycles. The van der Waals surface area contributed by atoms with Crippen molar-refractivity contribution < 1.29 is 4.79 Å². The quantitative estimate of drug-likeness (QED) is 0.840. The molecule has 2 rings (SSSR count). The summed E-state index contributed by atoms with van der Waals surface area (Å²) in [5.74, 6) is 0. The van der Waals surface area contributed by atoms with Gasteiger partial charge in [0, 0.05) is 23.2 Å². The van der Waals surface area contributed by atoms with E-state index in [0.717, 1.165) is 41.7 Å². The van der Waals surface area contributed by atoms with Gasteiger partial charge in [0.1, 0.15) is 0 Å². The van der Waals surface area contributed by atoms with Crippen LogP contribution in [0.15, 0.2) is 22.7 Å². The number of carbonyl (C=O) groups excluding carboxylic acids is 1. The normalized spacial score (nSPS) is 15.8. The van der Waals surface area contributed by atoms with E-state index in [0.29, 0.717) is 0 Å². The predicted octanol–water partition coefficient (Wildman–Crippen LogP) is 3.78. The molecule has 0 bridgehead atoms. The van der Waals surface area contributed by atoms with Crippen molar-refractivity contribution in [2.45, 2.75) is 26.2 Å². The Bertz CT molecular complexity index is 394. The average Bonchev–Trinajstić information content (AvgIpc) is 2.28. The highest BCUT2D eigenvalue weighted by Gasteiger charge is 2.16. The van der Waals surface area contributed by atoms with E-state index in [1.54, 1.807) is 0 Å². The number of anilines is 1. The molecule has 0 aliphatic carbocycles. The van der Waals surface area contributed by atoms with Crippen LogP contribution in [0.4, 0.5) is 10.5 Å². The lowest BCUT2D eigenvalue weighted by Crippen LogP contribution is -2.38. The Morgan fingerprint density at radius 1 is 1.24 bits per heavy atom. The van der Waals surface area contributed by atoms with Crippen LogP contribution in [0.2, 0.25) is 0 Å². The van der Waals surface area contributed by atoms with Gasteiger partial charge in [0.05, 0.1) is 0 Å². The summed E-state index contributed by atoms with van der Waals surface area (Å²) in [6, 6.07) is 5.94. The second-order valence-corrected chi connectivity index (χ2v) is 5.41. The first kappa shape index (κ1) is 12.4. The lowest BCUT2D eigenvalue weighted by Gasteiger charge is -2.26. The first-order valence-electron chi connectivity index (χ1n) is 5.98. The molecule has 1 aromatic carbocycles. The van der Waals surface area contributed by atoms with Gasteiger partial charge in [-0.2, -0.15) is 0 Å². The average molecular weight is 297 g/mol. The molecule has 0 spiro atoms. The molecule has 92 valence electrons. The summed E-state index contributed by atoms with van der Waals surface area (Å²) in [6.07, 6.45) is 3.47. The van der Waals surface area contributed by atoms with Crippen LogP contribution < -0.4 is 5.32 Å². The second kappa shape index (κ2) is 5.54. The Labute approximate surface area is 110 Å². The molecule has 1 fully saturated rings. The number of amides is 2. The SMILES string of the molecule is Cc1cc(Br)cc(NC(=O)N2CCCCC2)c1. The zero-order chi connectivity index (χ0) is 12.3. The zero-order valence-corrected chi connectivity index (χ0v) is 11.6. The molecule has 1 saturated heterocycles. The van der Waals surface area contributed by atoms with Gasteiger partial charge in [-0.15, -0.1) is 0 Å². The van der Waals surface area contributed by atoms with Crippen LogP contribution in [0.25, 0.3) is 0 Å². The number of aryl methyl sites for hydroxylation is 1. The number of nitrogens with zero attached hydrogens (tertiary/aromatic N) is 1. The molecule has 1 heterocycles. The maximum absolute atomic E-state index is 12.0. The van der Waals surface area contributed by atoms with Gasteiger partial charge in [-0.25, -0.2) is 4.79 Å². The monoisotopic (exact) mass is 296 g/mol.